The first-order chi connectivity index (χ1) is 4.43. The van der Waals surface area contributed by atoms with Gasteiger partial charge < -0.3 is 0 Å². The van der Waals surface area contributed by atoms with Crippen molar-refractivity contribution in [3.05, 3.63) is 0 Å². The van der Waals surface area contributed by atoms with Gasteiger partial charge >= 0.3 is 69.0 Å². The predicted molar refractivity (Wildman–Crippen MR) is 40.5 cm³/mol. The van der Waals surface area contributed by atoms with Gasteiger partial charge in [-0.3, -0.25) is 0 Å². The molecular formula is C6H12NOSb. The van der Waals surface area contributed by atoms with Crippen molar-refractivity contribution >= 4 is 26.5 Å². The van der Waals surface area contributed by atoms with Crippen LogP contribution in [0.4, 0.5) is 0 Å². The molecular weight excluding hydrogens is 224 g/mol. The Labute approximate surface area is 69.1 Å². The van der Waals surface area contributed by atoms with E-state index < -0.39 is 0 Å². The van der Waals surface area contributed by atoms with E-state index in [1.807, 2.05) is 0 Å². The summed E-state index contributed by atoms with van der Waals surface area (Å²) in [5, 5.41) is 0. The second kappa shape index (κ2) is 4.43. The average Bonchev–Trinajstić information content (AvgIpc) is 1.91. The van der Waals surface area contributed by atoms with Gasteiger partial charge in [-0.15, -0.1) is 0 Å². The van der Waals surface area contributed by atoms with E-state index in [0.29, 0.717) is 0 Å². The zero-order valence-corrected chi connectivity index (χ0v) is 8.32. The molecule has 0 spiro atoms. The topological polar surface area (TPSA) is 12.5 Å². The van der Waals surface area contributed by atoms with E-state index in [1.54, 1.807) is 0 Å². The molecule has 9 heavy (non-hydrogen) atoms. The van der Waals surface area contributed by atoms with E-state index in [1.165, 1.54) is 22.5 Å². The normalized spacial score (nSPS) is 21.8. The Hall–Kier alpha value is 0.608. The molecule has 1 heterocycles. The fourth-order valence-corrected chi connectivity index (χ4v) is 1.65. The molecule has 0 amide bonds. The van der Waals surface area contributed by atoms with Crippen LogP contribution in [-0.2, 0) is 4.74 Å². The Kier molecular flexibility index (Phi) is 3.79. The average molecular weight is 236 g/mol. The predicted octanol–water partition coefficient (Wildman–Crippen LogP) is -0.978. The molecule has 0 atom stereocenters. The maximum absolute atomic E-state index is 5.20. The quantitative estimate of drug-likeness (QED) is 0.571. The van der Waals surface area contributed by atoms with E-state index >= 15 is 0 Å². The monoisotopic (exact) mass is 235 g/mol. The van der Waals surface area contributed by atoms with Gasteiger partial charge in [0.05, 0.1) is 0 Å². The summed E-state index contributed by atoms with van der Waals surface area (Å²) in [6.45, 7) is 5.23. The molecule has 3 heteroatoms. The number of morpholine rings is 1. The molecule has 1 fully saturated rings. The van der Waals surface area contributed by atoms with Crippen LogP contribution in [0, 0.1) is 0 Å². The SMILES string of the molecule is [SbH]=[CH]CN1CCOCC1. The van der Waals surface area contributed by atoms with Crippen LogP contribution < -0.4 is 0 Å². The maximum atomic E-state index is 5.20. The molecule has 1 rings (SSSR count). The minimum atomic E-state index is 0.921. The van der Waals surface area contributed by atoms with Crippen molar-refractivity contribution in [1.29, 1.82) is 0 Å². The fraction of sp³-hybridized carbons (Fsp3) is 0.833. The Morgan fingerprint density at radius 2 is 2.11 bits per heavy atom. The molecule has 0 unspecified atom stereocenters. The minimum absolute atomic E-state index is 0.921. The Balaban J connectivity index is 2.15. The van der Waals surface area contributed by atoms with Crippen LogP contribution in [0.25, 0.3) is 0 Å². The Morgan fingerprint density at radius 3 is 2.67 bits per heavy atom. The zero-order valence-electron chi connectivity index (χ0n) is 5.47. The third-order valence-electron chi connectivity index (χ3n) is 1.45. The van der Waals surface area contributed by atoms with E-state index in [2.05, 4.69) is 8.85 Å². The Bertz CT molecular complexity index is 91.1. The molecule has 0 aromatic heterocycles. The van der Waals surface area contributed by atoms with Gasteiger partial charge in [0.1, 0.15) is 0 Å². The third-order valence-corrected chi connectivity index (χ3v) is 1.97. The van der Waals surface area contributed by atoms with Crippen molar-refractivity contribution in [1.82, 2.24) is 4.90 Å². The van der Waals surface area contributed by atoms with Gasteiger partial charge in [-0.2, -0.15) is 0 Å². The number of nitrogens with zero attached hydrogens (tertiary/aromatic N) is 1. The van der Waals surface area contributed by atoms with Gasteiger partial charge in [0.2, 0.25) is 0 Å². The summed E-state index contributed by atoms with van der Waals surface area (Å²) < 4.78 is 7.47. The molecule has 0 saturated carbocycles. The molecule has 0 aromatic carbocycles. The third kappa shape index (κ3) is 2.79. The summed E-state index contributed by atoms with van der Waals surface area (Å²) in [6, 6.07) is 0. The number of hydrogen-bond donors (Lipinski definition) is 0. The van der Waals surface area contributed by atoms with E-state index in [-0.39, 0.29) is 0 Å². The van der Waals surface area contributed by atoms with Crippen LogP contribution in [0.2, 0.25) is 0 Å². The van der Waals surface area contributed by atoms with Crippen LogP contribution in [0.3, 0.4) is 0 Å². The number of rotatable bonds is 2. The van der Waals surface area contributed by atoms with E-state index in [9.17, 15) is 0 Å². The van der Waals surface area contributed by atoms with Gasteiger partial charge in [0.25, 0.3) is 0 Å². The molecule has 1 saturated heterocycles. The van der Waals surface area contributed by atoms with Crippen molar-refractivity contribution in [2.24, 2.45) is 0 Å². The van der Waals surface area contributed by atoms with Crippen molar-refractivity contribution in [2.45, 2.75) is 0 Å². The molecule has 52 valence electrons. The second-order valence-electron chi connectivity index (χ2n) is 2.12. The molecule has 0 radical (unpaired) electrons. The standard InChI is InChI=1S/C6H11NO.Sb.H/c1-2-7-3-5-8-6-4-7;;/h1H,2-6H2;;. The second-order valence-corrected chi connectivity index (χ2v) is 3.28. The molecule has 0 aromatic rings. The van der Waals surface area contributed by atoms with E-state index in [0.717, 1.165) is 32.8 Å². The summed E-state index contributed by atoms with van der Waals surface area (Å²) in [6.07, 6.45) is 0. The van der Waals surface area contributed by atoms with Crippen LogP contribution >= 0.6 is 0 Å². The van der Waals surface area contributed by atoms with Gasteiger partial charge in [0.15, 0.2) is 0 Å². The van der Waals surface area contributed by atoms with Gasteiger partial charge in [-0.05, 0) is 0 Å². The molecule has 0 aliphatic carbocycles. The summed E-state index contributed by atoms with van der Waals surface area (Å²) in [5.41, 5.74) is 0. The Morgan fingerprint density at radius 1 is 1.44 bits per heavy atom. The molecule has 1 aliphatic heterocycles. The molecule has 1 aliphatic rings. The van der Waals surface area contributed by atoms with Crippen LogP contribution in [-0.4, -0.2) is 64.2 Å². The molecule has 2 nitrogen and oxygen atoms in total. The number of ether oxygens (including phenoxy) is 1. The summed E-state index contributed by atoms with van der Waals surface area (Å²) in [4.78, 5) is 2.41. The van der Waals surface area contributed by atoms with Crippen LogP contribution in [0.1, 0.15) is 0 Å². The molecule has 0 N–H and O–H groups in total. The van der Waals surface area contributed by atoms with E-state index in [4.69, 9.17) is 4.74 Å². The van der Waals surface area contributed by atoms with Crippen molar-refractivity contribution in [3.8, 4) is 0 Å². The van der Waals surface area contributed by atoms with Crippen molar-refractivity contribution in [3.63, 3.8) is 0 Å². The first kappa shape index (κ1) is 7.71. The van der Waals surface area contributed by atoms with Gasteiger partial charge in [-0.25, -0.2) is 0 Å². The summed E-state index contributed by atoms with van der Waals surface area (Å²) >= 11 is 1.52. The fourth-order valence-electron chi connectivity index (χ4n) is 0.913. The van der Waals surface area contributed by atoms with Crippen molar-refractivity contribution < 1.29 is 4.74 Å². The van der Waals surface area contributed by atoms with Gasteiger partial charge in [-0.1, -0.05) is 0 Å². The molecule has 0 bridgehead atoms. The van der Waals surface area contributed by atoms with Crippen molar-refractivity contribution in [2.75, 3.05) is 32.8 Å². The van der Waals surface area contributed by atoms with Crippen LogP contribution in [0.5, 0.6) is 0 Å². The van der Waals surface area contributed by atoms with Crippen LogP contribution in [0.15, 0.2) is 0 Å². The summed E-state index contributed by atoms with van der Waals surface area (Å²) in [7, 11) is 0. The first-order valence-electron chi connectivity index (χ1n) is 3.22. The summed E-state index contributed by atoms with van der Waals surface area (Å²) in [5.74, 6) is 0. The number of hydrogen-bond acceptors (Lipinski definition) is 2. The zero-order chi connectivity index (χ0) is 6.53. The van der Waals surface area contributed by atoms with Gasteiger partial charge in [0, 0.05) is 0 Å². The first-order valence-corrected chi connectivity index (χ1v) is 4.87.